The Balaban J connectivity index is 2.53. The average molecular weight is 202 g/mol. The molecule has 1 amide bonds. The Morgan fingerprint density at radius 3 is 2.36 bits per heavy atom. The van der Waals surface area contributed by atoms with Crippen LogP contribution in [0.5, 0.6) is 0 Å². The molecule has 0 saturated carbocycles. The molecule has 82 valence electrons. The van der Waals surface area contributed by atoms with Crippen molar-refractivity contribution in [1.82, 2.24) is 10.2 Å². The van der Waals surface area contributed by atoms with Gasteiger partial charge in [-0.3, -0.25) is 0 Å². The second-order valence-corrected chi connectivity index (χ2v) is 4.76. The Labute approximate surface area is 83.7 Å². The number of aliphatic hydroxyl groups is 1. The minimum atomic E-state index is -0.970. The van der Waals surface area contributed by atoms with Crippen LogP contribution < -0.4 is 5.32 Å². The van der Waals surface area contributed by atoms with Crippen LogP contribution in [0.2, 0.25) is 0 Å². The summed E-state index contributed by atoms with van der Waals surface area (Å²) in [7, 11) is 0. The molecule has 0 aromatic heterocycles. The molecule has 3 N–H and O–H groups in total. The first-order valence-electron chi connectivity index (χ1n) is 4.73. The molecule has 0 unspecified atom stereocenters. The van der Waals surface area contributed by atoms with Gasteiger partial charge in [0.2, 0.25) is 0 Å². The maximum atomic E-state index is 10.6. The topological polar surface area (TPSA) is 72.8 Å². The lowest BCUT2D eigenvalue weighted by Gasteiger charge is -2.27. The van der Waals surface area contributed by atoms with Crippen molar-refractivity contribution in [1.29, 1.82) is 0 Å². The molecule has 1 aliphatic heterocycles. The molecular formula is C9H18N2O3. The number of amides is 1. The second kappa shape index (κ2) is 3.74. The van der Waals surface area contributed by atoms with Crippen LogP contribution in [0.4, 0.5) is 4.79 Å². The van der Waals surface area contributed by atoms with E-state index in [1.165, 1.54) is 4.90 Å². The summed E-state index contributed by atoms with van der Waals surface area (Å²) in [6, 6.07) is -0.161. The SMILES string of the molecule is CC(C)(C)N[C@H]1CN(C(=O)O)C[C@@H]1O. The molecule has 0 aromatic carbocycles. The fourth-order valence-electron chi connectivity index (χ4n) is 1.64. The van der Waals surface area contributed by atoms with Crippen LogP contribution in [0.3, 0.4) is 0 Å². The van der Waals surface area contributed by atoms with Crippen molar-refractivity contribution < 1.29 is 15.0 Å². The molecule has 0 radical (unpaired) electrons. The average Bonchev–Trinajstić information content (AvgIpc) is 2.29. The van der Waals surface area contributed by atoms with Crippen molar-refractivity contribution in [2.75, 3.05) is 13.1 Å². The lowest BCUT2D eigenvalue weighted by atomic mass is 10.1. The fourth-order valence-corrected chi connectivity index (χ4v) is 1.64. The smallest absolute Gasteiger partial charge is 0.407 e. The van der Waals surface area contributed by atoms with Crippen molar-refractivity contribution in [3.05, 3.63) is 0 Å². The van der Waals surface area contributed by atoms with Crippen molar-refractivity contribution in [2.24, 2.45) is 0 Å². The van der Waals surface area contributed by atoms with Crippen LogP contribution in [0, 0.1) is 0 Å². The highest BCUT2D eigenvalue weighted by Crippen LogP contribution is 2.13. The summed E-state index contributed by atoms with van der Waals surface area (Å²) in [5, 5.41) is 21.5. The van der Waals surface area contributed by atoms with Crippen LogP contribution >= 0.6 is 0 Å². The summed E-state index contributed by atoms with van der Waals surface area (Å²) in [5.74, 6) is 0. The quantitative estimate of drug-likeness (QED) is 0.564. The Kier molecular flexibility index (Phi) is 3.01. The third-order valence-corrected chi connectivity index (χ3v) is 2.18. The van der Waals surface area contributed by atoms with Gasteiger partial charge in [0.15, 0.2) is 0 Å². The van der Waals surface area contributed by atoms with Crippen LogP contribution in [0.1, 0.15) is 20.8 Å². The summed E-state index contributed by atoms with van der Waals surface area (Å²) in [4.78, 5) is 11.9. The summed E-state index contributed by atoms with van der Waals surface area (Å²) in [6.45, 7) is 6.52. The Hall–Kier alpha value is -0.810. The Bertz CT molecular complexity index is 225. The molecule has 0 bridgehead atoms. The minimum absolute atomic E-state index is 0.111. The van der Waals surface area contributed by atoms with Gasteiger partial charge in [-0.05, 0) is 20.8 Å². The number of nitrogens with zero attached hydrogens (tertiary/aromatic N) is 1. The van der Waals surface area contributed by atoms with Crippen molar-refractivity contribution in [2.45, 2.75) is 38.5 Å². The van der Waals surface area contributed by atoms with E-state index in [0.29, 0.717) is 6.54 Å². The lowest BCUT2D eigenvalue weighted by molar-refractivity contribution is 0.132. The number of hydrogen-bond donors (Lipinski definition) is 3. The van der Waals surface area contributed by atoms with Gasteiger partial charge >= 0.3 is 6.09 Å². The molecule has 1 fully saturated rings. The van der Waals surface area contributed by atoms with Gasteiger partial charge in [-0.1, -0.05) is 0 Å². The van der Waals surface area contributed by atoms with Crippen LogP contribution in [-0.2, 0) is 0 Å². The van der Waals surface area contributed by atoms with Crippen molar-refractivity contribution in [3.63, 3.8) is 0 Å². The van der Waals surface area contributed by atoms with E-state index in [-0.39, 0.29) is 18.1 Å². The van der Waals surface area contributed by atoms with E-state index in [4.69, 9.17) is 5.11 Å². The van der Waals surface area contributed by atoms with Crippen LogP contribution in [0.15, 0.2) is 0 Å². The minimum Gasteiger partial charge on any atom is -0.465 e. The third-order valence-electron chi connectivity index (χ3n) is 2.18. The number of hydrogen-bond acceptors (Lipinski definition) is 3. The molecule has 0 aromatic rings. The zero-order valence-corrected chi connectivity index (χ0v) is 8.82. The van der Waals surface area contributed by atoms with E-state index in [2.05, 4.69) is 5.32 Å². The Morgan fingerprint density at radius 2 is 2.00 bits per heavy atom. The van der Waals surface area contributed by atoms with Gasteiger partial charge in [0.25, 0.3) is 0 Å². The van der Waals surface area contributed by atoms with Gasteiger partial charge in [0.1, 0.15) is 0 Å². The predicted octanol–water partition coefficient (Wildman–Crippen LogP) is 0.0976. The van der Waals surface area contributed by atoms with E-state index < -0.39 is 12.2 Å². The maximum Gasteiger partial charge on any atom is 0.407 e. The lowest BCUT2D eigenvalue weighted by Crippen LogP contribution is -2.49. The van der Waals surface area contributed by atoms with E-state index in [1.54, 1.807) is 0 Å². The first-order valence-corrected chi connectivity index (χ1v) is 4.73. The summed E-state index contributed by atoms with van der Waals surface area (Å²) in [5.41, 5.74) is -0.111. The highest BCUT2D eigenvalue weighted by molar-refractivity contribution is 5.65. The zero-order valence-electron chi connectivity index (χ0n) is 8.82. The van der Waals surface area contributed by atoms with Gasteiger partial charge in [0, 0.05) is 12.1 Å². The number of β-amino-alcohol motifs (C(OH)–C–C–N with tert-alkyl or cyclic N) is 1. The van der Waals surface area contributed by atoms with Crippen LogP contribution in [-0.4, -0.2) is 52.0 Å². The number of likely N-dealkylation sites (tertiary alicyclic amines) is 1. The van der Waals surface area contributed by atoms with Gasteiger partial charge in [-0.25, -0.2) is 4.79 Å². The van der Waals surface area contributed by atoms with Gasteiger partial charge in [-0.2, -0.15) is 0 Å². The first-order chi connectivity index (χ1) is 6.29. The summed E-state index contributed by atoms with van der Waals surface area (Å²) < 4.78 is 0. The van der Waals surface area contributed by atoms with Gasteiger partial charge in [-0.15, -0.1) is 0 Å². The highest BCUT2D eigenvalue weighted by atomic mass is 16.4. The zero-order chi connectivity index (χ0) is 10.9. The third kappa shape index (κ3) is 2.85. The molecule has 1 saturated heterocycles. The fraction of sp³-hybridized carbons (Fsp3) is 0.889. The van der Waals surface area contributed by atoms with Gasteiger partial charge in [0.05, 0.1) is 18.7 Å². The van der Waals surface area contributed by atoms with E-state index in [9.17, 15) is 9.90 Å². The van der Waals surface area contributed by atoms with Crippen molar-refractivity contribution >= 4 is 6.09 Å². The molecule has 0 spiro atoms. The van der Waals surface area contributed by atoms with E-state index in [0.717, 1.165) is 0 Å². The van der Waals surface area contributed by atoms with Crippen molar-refractivity contribution in [3.8, 4) is 0 Å². The first kappa shape index (κ1) is 11.3. The van der Waals surface area contributed by atoms with E-state index >= 15 is 0 Å². The maximum absolute atomic E-state index is 10.6. The van der Waals surface area contributed by atoms with Gasteiger partial charge < -0.3 is 20.4 Å². The monoisotopic (exact) mass is 202 g/mol. The molecule has 5 nitrogen and oxygen atoms in total. The molecule has 2 atom stereocenters. The number of nitrogens with one attached hydrogen (secondary N) is 1. The number of carboxylic acid groups (broad SMARTS) is 1. The molecule has 0 aliphatic carbocycles. The van der Waals surface area contributed by atoms with E-state index in [1.807, 2.05) is 20.8 Å². The highest BCUT2D eigenvalue weighted by Gasteiger charge is 2.35. The molecule has 14 heavy (non-hydrogen) atoms. The molecule has 1 aliphatic rings. The molecule has 1 rings (SSSR count). The molecule has 5 heteroatoms. The summed E-state index contributed by atoms with van der Waals surface area (Å²) in [6.07, 6.45) is -1.58. The van der Waals surface area contributed by atoms with Crippen LogP contribution in [0.25, 0.3) is 0 Å². The number of rotatable bonds is 1. The predicted molar refractivity (Wildman–Crippen MR) is 52.3 cm³/mol. The molecule has 1 heterocycles. The Morgan fingerprint density at radius 1 is 1.43 bits per heavy atom. The molecular weight excluding hydrogens is 184 g/mol. The largest absolute Gasteiger partial charge is 0.465 e. The second-order valence-electron chi connectivity index (χ2n) is 4.76. The summed E-state index contributed by atoms with van der Waals surface area (Å²) >= 11 is 0. The standard InChI is InChI=1S/C9H18N2O3/c1-9(2,3)10-6-4-11(8(13)14)5-7(6)12/h6-7,10,12H,4-5H2,1-3H3,(H,13,14)/t6-,7-/m0/s1. The number of carbonyl (C=O) groups is 1. The normalized spacial score (nSPS) is 28.1. The number of aliphatic hydroxyl groups excluding tert-OH is 1.